The Hall–Kier alpha value is -0.280. The van der Waals surface area contributed by atoms with E-state index >= 15 is 0 Å². The SMILES string of the molecule is NCCCC(N)(N)COCC(N)(N)CCCN. The van der Waals surface area contributed by atoms with Gasteiger partial charge in [0.2, 0.25) is 0 Å². The minimum absolute atomic E-state index is 0.214. The van der Waals surface area contributed by atoms with Gasteiger partial charge in [0.05, 0.1) is 24.5 Å². The van der Waals surface area contributed by atoms with Gasteiger partial charge >= 0.3 is 0 Å². The Kier molecular flexibility index (Phi) is 7.80. The lowest BCUT2D eigenvalue weighted by Crippen LogP contribution is -2.57. The lowest BCUT2D eigenvalue weighted by atomic mass is 10.1. The molecule has 0 aromatic carbocycles. The normalized spacial score (nSPS) is 13.1. The molecule has 7 heteroatoms. The van der Waals surface area contributed by atoms with Crippen LogP contribution in [0.4, 0.5) is 0 Å². The maximum atomic E-state index is 5.83. The van der Waals surface area contributed by atoms with Gasteiger partial charge in [-0.3, -0.25) is 0 Å². The predicted octanol–water partition coefficient (Wildman–Crippen LogP) is -2.29. The average molecular weight is 248 g/mol. The maximum absolute atomic E-state index is 5.83. The van der Waals surface area contributed by atoms with Crippen molar-refractivity contribution in [3.05, 3.63) is 0 Å². The highest BCUT2D eigenvalue weighted by Crippen LogP contribution is 2.06. The van der Waals surface area contributed by atoms with E-state index in [9.17, 15) is 0 Å². The van der Waals surface area contributed by atoms with Crippen LogP contribution in [0.3, 0.4) is 0 Å². The molecule has 0 amide bonds. The fourth-order valence-corrected chi connectivity index (χ4v) is 1.44. The van der Waals surface area contributed by atoms with Crippen LogP contribution in [0.25, 0.3) is 0 Å². The van der Waals surface area contributed by atoms with Crippen molar-refractivity contribution < 1.29 is 4.74 Å². The predicted molar refractivity (Wildman–Crippen MR) is 69.6 cm³/mol. The van der Waals surface area contributed by atoms with Crippen molar-refractivity contribution in [2.24, 2.45) is 34.4 Å². The summed E-state index contributed by atoms with van der Waals surface area (Å²) in [6.07, 6.45) is 2.74. The summed E-state index contributed by atoms with van der Waals surface area (Å²) in [7, 11) is 0. The third kappa shape index (κ3) is 9.42. The van der Waals surface area contributed by atoms with Crippen molar-refractivity contribution in [3.8, 4) is 0 Å². The highest BCUT2D eigenvalue weighted by molar-refractivity contribution is 4.80. The van der Waals surface area contributed by atoms with Crippen LogP contribution >= 0.6 is 0 Å². The highest BCUT2D eigenvalue weighted by atomic mass is 16.5. The maximum Gasteiger partial charge on any atom is 0.0877 e. The van der Waals surface area contributed by atoms with Crippen molar-refractivity contribution >= 4 is 0 Å². The molecule has 17 heavy (non-hydrogen) atoms. The molecule has 0 aliphatic heterocycles. The Morgan fingerprint density at radius 3 is 1.35 bits per heavy atom. The molecule has 0 aromatic rings. The molecular weight excluding hydrogens is 220 g/mol. The highest BCUT2D eigenvalue weighted by Gasteiger charge is 2.23. The van der Waals surface area contributed by atoms with Gasteiger partial charge in [0, 0.05) is 0 Å². The van der Waals surface area contributed by atoms with E-state index in [1.165, 1.54) is 0 Å². The molecule has 0 aliphatic rings. The summed E-state index contributed by atoms with van der Waals surface area (Å²) >= 11 is 0. The van der Waals surface area contributed by atoms with E-state index < -0.39 is 11.3 Å². The molecule has 104 valence electrons. The first kappa shape index (κ1) is 16.7. The van der Waals surface area contributed by atoms with E-state index in [1.807, 2.05) is 0 Å². The molecule has 0 atom stereocenters. The van der Waals surface area contributed by atoms with Crippen LogP contribution in [-0.2, 0) is 4.74 Å². The van der Waals surface area contributed by atoms with E-state index in [2.05, 4.69) is 0 Å². The van der Waals surface area contributed by atoms with E-state index in [0.717, 1.165) is 12.8 Å². The minimum Gasteiger partial charge on any atom is -0.375 e. The van der Waals surface area contributed by atoms with Crippen LogP contribution in [0.15, 0.2) is 0 Å². The van der Waals surface area contributed by atoms with Crippen LogP contribution in [-0.4, -0.2) is 37.6 Å². The molecule has 0 saturated heterocycles. The van der Waals surface area contributed by atoms with Gasteiger partial charge in [0.25, 0.3) is 0 Å². The van der Waals surface area contributed by atoms with Gasteiger partial charge in [0.1, 0.15) is 0 Å². The Morgan fingerprint density at radius 1 is 0.706 bits per heavy atom. The van der Waals surface area contributed by atoms with Crippen molar-refractivity contribution in [2.45, 2.75) is 37.0 Å². The molecule has 0 bridgehead atoms. The van der Waals surface area contributed by atoms with Gasteiger partial charge in [-0.15, -0.1) is 0 Å². The summed E-state index contributed by atoms with van der Waals surface area (Å²) < 4.78 is 5.38. The second-order valence-corrected chi connectivity index (χ2v) is 4.74. The van der Waals surface area contributed by atoms with E-state index in [4.69, 9.17) is 39.1 Å². The zero-order valence-electron chi connectivity index (χ0n) is 10.5. The number of hydrogen-bond donors (Lipinski definition) is 6. The minimum atomic E-state index is -0.872. The van der Waals surface area contributed by atoms with Gasteiger partial charge in [-0.1, -0.05) is 0 Å². The Labute approximate surface area is 103 Å². The van der Waals surface area contributed by atoms with Gasteiger partial charge in [-0.25, -0.2) is 0 Å². The topological polar surface area (TPSA) is 165 Å². The van der Waals surface area contributed by atoms with Crippen LogP contribution in [0, 0.1) is 0 Å². The van der Waals surface area contributed by atoms with Gasteiger partial charge < -0.3 is 39.1 Å². The Bertz CT molecular complexity index is 177. The first-order valence-electron chi connectivity index (χ1n) is 5.96. The van der Waals surface area contributed by atoms with Crippen LogP contribution < -0.4 is 34.4 Å². The molecule has 0 aromatic heterocycles. The molecule has 0 aliphatic carbocycles. The first-order valence-corrected chi connectivity index (χ1v) is 5.96. The van der Waals surface area contributed by atoms with Crippen molar-refractivity contribution in [3.63, 3.8) is 0 Å². The average Bonchev–Trinajstić information content (AvgIpc) is 2.23. The standard InChI is InChI=1S/C10H28N6O/c11-5-1-3-9(13,14)7-17-8-10(15,16)4-2-6-12/h1-8,11-16H2. The van der Waals surface area contributed by atoms with E-state index in [1.54, 1.807) is 0 Å². The zero-order chi connectivity index (χ0) is 13.4. The summed E-state index contributed by atoms with van der Waals surface area (Å²) in [4.78, 5) is 0. The first-order chi connectivity index (χ1) is 7.83. The Morgan fingerprint density at radius 2 is 1.06 bits per heavy atom. The molecule has 0 saturated carbocycles. The largest absolute Gasteiger partial charge is 0.375 e. The van der Waals surface area contributed by atoms with E-state index in [-0.39, 0.29) is 13.2 Å². The van der Waals surface area contributed by atoms with E-state index in [0.29, 0.717) is 25.9 Å². The fraction of sp³-hybridized carbons (Fsp3) is 1.00. The number of ether oxygens (including phenoxy) is 1. The molecule has 0 unspecified atom stereocenters. The lowest BCUT2D eigenvalue weighted by molar-refractivity contribution is 0.0459. The monoisotopic (exact) mass is 248 g/mol. The summed E-state index contributed by atoms with van der Waals surface area (Å²) in [6.45, 7) is 1.55. The molecule has 0 spiro atoms. The third-order valence-corrected chi connectivity index (χ3v) is 2.43. The van der Waals surface area contributed by atoms with Crippen LogP contribution in [0.2, 0.25) is 0 Å². The number of nitrogens with two attached hydrogens (primary N) is 6. The van der Waals surface area contributed by atoms with Gasteiger partial charge in [0.15, 0.2) is 0 Å². The summed E-state index contributed by atoms with van der Waals surface area (Å²) in [6, 6.07) is 0. The van der Waals surface area contributed by atoms with Gasteiger partial charge in [-0.05, 0) is 38.8 Å². The molecule has 0 rings (SSSR count). The second kappa shape index (κ2) is 7.93. The van der Waals surface area contributed by atoms with Crippen molar-refractivity contribution in [1.82, 2.24) is 0 Å². The zero-order valence-corrected chi connectivity index (χ0v) is 10.5. The second-order valence-electron chi connectivity index (χ2n) is 4.74. The smallest absolute Gasteiger partial charge is 0.0877 e. The molecule has 7 nitrogen and oxygen atoms in total. The molecular formula is C10H28N6O. The lowest BCUT2D eigenvalue weighted by Gasteiger charge is -2.28. The van der Waals surface area contributed by atoms with Gasteiger partial charge in [-0.2, -0.15) is 0 Å². The third-order valence-electron chi connectivity index (χ3n) is 2.43. The fourth-order valence-electron chi connectivity index (χ4n) is 1.44. The van der Waals surface area contributed by atoms with Crippen molar-refractivity contribution in [2.75, 3.05) is 26.3 Å². The summed E-state index contributed by atoms with van der Waals surface area (Å²) in [5.41, 5.74) is 32.3. The Balaban J connectivity index is 3.80. The molecule has 0 radical (unpaired) electrons. The molecule has 12 N–H and O–H groups in total. The molecule has 0 fully saturated rings. The summed E-state index contributed by atoms with van der Waals surface area (Å²) in [5, 5.41) is 0. The molecule has 0 heterocycles. The quantitative estimate of drug-likeness (QED) is 0.237. The summed E-state index contributed by atoms with van der Waals surface area (Å²) in [5.74, 6) is 0. The van der Waals surface area contributed by atoms with Crippen LogP contribution in [0.5, 0.6) is 0 Å². The number of rotatable bonds is 10. The number of hydrogen-bond acceptors (Lipinski definition) is 7. The van der Waals surface area contributed by atoms with Crippen LogP contribution in [0.1, 0.15) is 25.7 Å². The van der Waals surface area contributed by atoms with Crippen molar-refractivity contribution in [1.29, 1.82) is 0 Å².